The zero-order valence-corrected chi connectivity index (χ0v) is 26.6. The topological polar surface area (TPSA) is 0 Å². The Hall–Kier alpha value is -6.24. The Balaban J connectivity index is 1.35. The third-order valence-electron chi connectivity index (χ3n) is 9.13. The van der Waals surface area contributed by atoms with E-state index >= 15 is 0 Å². The maximum Gasteiger partial charge on any atom is -0.00206 e. The van der Waals surface area contributed by atoms with Gasteiger partial charge in [-0.3, -0.25) is 0 Å². The van der Waals surface area contributed by atoms with E-state index in [9.17, 15) is 0 Å². The number of rotatable bonds is 7. The maximum absolute atomic E-state index is 2.31. The van der Waals surface area contributed by atoms with Crippen molar-refractivity contribution in [1.29, 1.82) is 0 Å². The van der Waals surface area contributed by atoms with Crippen LogP contribution >= 0.6 is 0 Å². The first kappa shape index (κ1) is 29.2. The number of hydrogen-bond acceptors (Lipinski definition) is 0. The van der Waals surface area contributed by atoms with Crippen molar-refractivity contribution in [2.75, 3.05) is 0 Å². The minimum atomic E-state index is 1.19. The molecule has 48 heavy (non-hydrogen) atoms. The highest BCUT2D eigenvalue weighted by Gasteiger charge is 2.20. The lowest BCUT2D eigenvalue weighted by molar-refractivity contribution is 1.53. The lowest BCUT2D eigenvalue weighted by Crippen LogP contribution is -1.95. The molecule has 0 aliphatic rings. The highest BCUT2D eigenvalue weighted by molar-refractivity contribution is 6.02. The van der Waals surface area contributed by atoms with Crippen LogP contribution in [0.5, 0.6) is 0 Å². The van der Waals surface area contributed by atoms with Gasteiger partial charge in [0.15, 0.2) is 0 Å². The summed E-state index contributed by atoms with van der Waals surface area (Å²) >= 11 is 0. The van der Waals surface area contributed by atoms with Crippen LogP contribution in [-0.4, -0.2) is 0 Å². The maximum atomic E-state index is 2.31. The van der Waals surface area contributed by atoms with E-state index in [1.165, 1.54) is 77.9 Å². The quantitative estimate of drug-likeness (QED) is 0.168. The fourth-order valence-corrected chi connectivity index (χ4v) is 6.91. The average Bonchev–Trinajstić information content (AvgIpc) is 3.19. The van der Waals surface area contributed by atoms with E-state index < -0.39 is 0 Å². The third-order valence-corrected chi connectivity index (χ3v) is 9.13. The van der Waals surface area contributed by atoms with Crippen molar-refractivity contribution < 1.29 is 0 Å². The van der Waals surface area contributed by atoms with Gasteiger partial charge in [-0.25, -0.2) is 0 Å². The molecule has 0 N–H and O–H groups in total. The van der Waals surface area contributed by atoms with Crippen molar-refractivity contribution in [2.45, 2.75) is 0 Å². The van der Waals surface area contributed by atoms with Gasteiger partial charge < -0.3 is 0 Å². The monoisotopic (exact) mass is 610 g/mol. The molecule has 0 saturated carbocycles. The van der Waals surface area contributed by atoms with Crippen molar-refractivity contribution in [3.63, 3.8) is 0 Å². The second-order valence-electron chi connectivity index (χ2n) is 12.0. The molecule has 8 aromatic carbocycles. The summed E-state index contributed by atoms with van der Waals surface area (Å²) in [7, 11) is 0. The van der Waals surface area contributed by atoms with Crippen LogP contribution in [0, 0.1) is 0 Å². The minimum absolute atomic E-state index is 1.19. The summed E-state index contributed by atoms with van der Waals surface area (Å²) in [6.07, 6.45) is 0. The van der Waals surface area contributed by atoms with Gasteiger partial charge in [-0.2, -0.15) is 0 Å². The molecule has 0 radical (unpaired) electrons. The van der Waals surface area contributed by atoms with Crippen LogP contribution in [0.15, 0.2) is 206 Å². The van der Waals surface area contributed by atoms with Crippen molar-refractivity contribution in [2.24, 2.45) is 0 Å². The Morgan fingerprint density at radius 1 is 0.146 bits per heavy atom. The Morgan fingerprint density at radius 3 is 0.771 bits per heavy atom. The first-order valence-corrected chi connectivity index (χ1v) is 16.5. The van der Waals surface area contributed by atoms with Gasteiger partial charge in [0.05, 0.1) is 0 Å². The van der Waals surface area contributed by atoms with Crippen LogP contribution in [0.2, 0.25) is 0 Å². The summed E-state index contributed by atoms with van der Waals surface area (Å²) in [5.41, 5.74) is 17.1. The van der Waals surface area contributed by atoms with Crippen molar-refractivity contribution in [1.82, 2.24) is 0 Å². The lowest BCUT2D eigenvalue weighted by atomic mass is 9.82. The summed E-state index contributed by atoms with van der Waals surface area (Å²) in [6.45, 7) is 0. The van der Waals surface area contributed by atoms with Gasteiger partial charge in [0.25, 0.3) is 0 Å². The third kappa shape index (κ3) is 5.66. The molecule has 0 aliphatic heterocycles. The van der Waals surface area contributed by atoms with E-state index in [1.54, 1.807) is 0 Å². The molecule has 0 fully saturated rings. The van der Waals surface area contributed by atoms with Gasteiger partial charge in [0.1, 0.15) is 0 Å². The van der Waals surface area contributed by atoms with Gasteiger partial charge in [-0.1, -0.05) is 206 Å². The smallest absolute Gasteiger partial charge is 0.00206 e. The second-order valence-corrected chi connectivity index (χ2v) is 12.0. The number of benzene rings is 8. The Bertz CT molecular complexity index is 2270. The Kier molecular flexibility index (Phi) is 8.05. The molecule has 0 nitrogen and oxygen atoms in total. The largest absolute Gasteiger partial charge is 0.0622 e. The van der Waals surface area contributed by atoms with Gasteiger partial charge in [-0.15, -0.1) is 0 Å². The molecule has 0 aromatic heterocycles. The predicted octanol–water partition coefficient (Wildman–Crippen LogP) is 13.4. The molecule has 0 heterocycles. The highest BCUT2D eigenvalue weighted by atomic mass is 14.2. The molecule has 226 valence electrons. The normalized spacial score (nSPS) is 10.9. The second kappa shape index (κ2) is 13.2. The van der Waals surface area contributed by atoms with Crippen molar-refractivity contribution >= 4 is 0 Å². The lowest BCUT2D eigenvalue weighted by Gasteiger charge is -2.21. The Morgan fingerprint density at radius 2 is 0.396 bits per heavy atom. The average molecular weight is 611 g/mol. The van der Waals surface area contributed by atoms with E-state index in [1.807, 2.05) is 0 Å². The molecule has 8 aromatic rings. The summed E-state index contributed by atoms with van der Waals surface area (Å²) in [5, 5.41) is 0. The molecule has 0 amide bonds. The van der Waals surface area contributed by atoms with E-state index in [2.05, 4.69) is 206 Å². The zero-order chi connectivity index (χ0) is 32.1. The molecular formula is C48H34. The molecule has 0 heteroatoms. The van der Waals surface area contributed by atoms with Gasteiger partial charge in [-0.05, 0) is 77.9 Å². The summed E-state index contributed by atoms with van der Waals surface area (Å²) < 4.78 is 0. The first-order valence-electron chi connectivity index (χ1n) is 16.5. The predicted molar refractivity (Wildman–Crippen MR) is 204 cm³/mol. The van der Waals surface area contributed by atoms with Crippen LogP contribution in [0.4, 0.5) is 0 Å². The molecule has 0 unspecified atom stereocenters. The van der Waals surface area contributed by atoms with E-state index in [0.717, 1.165) is 0 Å². The molecule has 0 atom stereocenters. The van der Waals surface area contributed by atoms with E-state index in [4.69, 9.17) is 0 Å². The Labute approximate surface area is 283 Å². The highest BCUT2D eigenvalue weighted by Crippen LogP contribution is 2.46. The fourth-order valence-electron chi connectivity index (χ4n) is 6.91. The molecule has 0 aliphatic carbocycles. The van der Waals surface area contributed by atoms with Crippen LogP contribution in [0.3, 0.4) is 0 Å². The summed E-state index contributed by atoms with van der Waals surface area (Å²) in [5.74, 6) is 0. The van der Waals surface area contributed by atoms with E-state index in [-0.39, 0.29) is 0 Å². The van der Waals surface area contributed by atoms with Gasteiger partial charge in [0.2, 0.25) is 0 Å². The van der Waals surface area contributed by atoms with Crippen LogP contribution < -0.4 is 0 Å². The van der Waals surface area contributed by atoms with Gasteiger partial charge in [0, 0.05) is 0 Å². The number of hydrogen-bond donors (Lipinski definition) is 0. The summed E-state index contributed by atoms with van der Waals surface area (Å²) in [4.78, 5) is 0. The first-order chi connectivity index (χ1) is 23.8. The van der Waals surface area contributed by atoms with Crippen LogP contribution in [0.25, 0.3) is 77.9 Å². The molecule has 8 rings (SSSR count). The molecular weight excluding hydrogens is 577 g/mol. The zero-order valence-electron chi connectivity index (χ0n) is 26.6. The minimum Gasteiger partial charge on any atom is -0.0622 e. The molecule has 0 spiro atoms. The van der Waals surface area contributed by atoms with Crippen molar-refractivity contribution in [3.8, 4) is 77.9 Å². The standard InChI is InChI=1S/C48H34/c1-6-17-35(18-7-1)42-27-16-28-43(46(42)39-23-12-4-13-24-39)38-29-31-41(32-30-38)48-45(37-21-10-3-11-22-37)34-33-44(36-19-8-2-9-20-36)47(48)40-25-14-5-15-26-40/h1-34H. The van der Waals surface area contributed by atoms with E-state index in [0.29, 0.717) is 0 Å². The molecule has 0 bridgehead atoms. The SMILES string of the molecule is c1ccc(-c2cccc(-c3ccc(-c4c(-c5ccccc5)ccc(-c5ccccc5)c4-c4ccccc4)cc3)c2-c2ccccc2)cc1. The van der Waals surface area contributed by atoms with Crippen LogP contribution in [0.1, 0.15) is 0 Å². The van der Waals surface area contributed by atoms with Crippen LogP contribution in [-0.2, 0) is 0 Å². The molecule has 0 saturated heterocycles. The van der Waals surface area contributed by atoms with Crippen molar-refractivity contribution in [3.05, 3.63) is 206 Å². The fraction of sp³-hybridized carbons (Fsp3) is 0. The summed E-state index contributed by atoms with van der Waals surface area (Å²) in [6, 6.07) is 74.3. The van der Waals surface area contributed by atoms with Gasteiger partial charge >= 0.3 is 0 Å².